The minimum Gasteiger partial charge on any atom is -0.481 e. The molecule has 1 aromatic rings. The number of carboxylic acid groups (broad SMARTS) is 1. The zero-order valence-corrected chi connectivity index (χ0v) is 11.2. The van der Waals surface area contributed by atoms with E-state index in [2.05, 4.69) is 10.3 Å². The third-order valence-electron chi connectivity index (χ3n) is 3.10. The second kappa shape index (κ2) is 5.06. The Morgan fingerprint density at radius 3 is 2.67 bits per heavy atom. The molecule has 0 bridgehead atoms. The van der Waals surface area contributed by atoms with Crippen LogP contribution in [-0.4, -0.2) is 28.5 Å². The molecule has 0 radical (unpaired) electrons. The second-order valence-electron chi connectivity index (χ2n) is 4.57. The van der Waals surface area contributed by atoms with Crippen molar-refractivity contribution in [3.63, 3.8) is 0 Å². The molecule has 1 saturated carbocycles. The summed E-state index contributed by atoms with van der Waals surface area (Å²) in [7, 11) is 0. The molecule has 1 fully saturated rings. The molecule has 0 aromatic carbocycles. The SMILES string of the molecule is Cc1nc(C)c(CCNC(=O)C2CC2C(=O)O)s1. The molecule has 1 aromatic heterocycles. The fraction of sp³-hybridized carbons (Fsp3) is 0.583. The summed E-state index contributed by atoms with van der Waals surface area (Å²) >= 11 is 1.64. The first kappa shape index (κ1) is 13.0. The highest BCUT2D eigenvalue weighted by Crippen LogP contribution is 2.38. The van der Waals surface area contributed by atoms with Crippen LogP contribution in [0.25, 0.3) is 0 Å². The number of hydrogen-bond donors (Lipinski definition) is 2. The Labute approximate surface area is 109 Å². The van der Waals surface area contributed by atoms with E-state index in [4.69, 9.17) is 5.11 Å². The summed E-state index contributed by atoms with van der Waals surface area (Å²) < 4.78 is 0. The molecule has 98 valence electrons. The number of hydrogen-bond acceptors (Lipinski definition) is 4. The molecule has 1 amide bonds. The van der Waals surface area contributed by atoms with Gasteiger partial charge in [0.15, 0.2) is 0 Å². The lowest BCUT2D eigenvalue weighted by Gasteiger charge is -2.03. The number of nitrogens with one attached hydrogen (secondary N) is 1. The van der Waals surface area contributed by atoms with Gasteiger partial charge >= 0.3 is 5.97 Å². The Morgan fingerprint density at radius 1 is 1.44 bits per heavy atom. The summed E-state index contributed by atoms with van der Waals surface area (Å²) in [6.07, 6.45) is 1.23. The molecule has 2 atom stereocenters. The molecule has 18 heavy (non-hydrogen) atoms. The lowest BCUT2D eigenvalue weighted by atomic mass is 10.2. The standard InChI is InChI=1S/C12H16N2O3S/c1-6-10(18-7(2)14-6)3-4-13-11(15)8-5-9(8)12(16)17/h8-9H,3-5H2,1-2H3,(H,13,15)(H,16,17). The van der Waals surface area contributed by atoms with Crippen molar-refractivity contribution < 1.29 is 14.7 Å². The summed E-state index contributed by atoms with van der Waals surface area (Å²) in [4.78, 5) is 27.7. The van der Waals surface area contributed by atoms with E-state index in [0.717, 1.165) is 17.1 Å². The van der Waals surface area contributed by atoms with E-state index in [1.165, 1.54) is 4.88 Å². The minimum absolute atomic E-state index is 0.138. The van der Waals surface area contributed by atoms with E-state index >= 15 is 0 Å². The van der Waals surface area contributed by atoms with Gasteiger partial charge in [-0.2, -0.15) is 0 Å². The molecule has 2 unspecified atom stereocenters. The number of nitrogens with zero attached hydrogens (tertiary/aromatic N) is 1. The fourth-order valence-electron chi connectivity index (χ4n) is 1.99. The van der Waals surface area contributed by atoms with Gasteiger partial charge in [0.1, 0.15) is 0 Å². The lowest BCUT2D eigenvalue weighted by Crippen LogP contribution is -2.28. The average Bonchev–Trinajstić information content (AvgIpc) is 3.01. The normalized spacial score (nSPS) is 21.7. The number of thiazole rings is 1. The number of carbonyl (C=O) groups is 2. The van der Waals surface area contributed by atoms with Crippen LogP contribution in [0.4, 0.5) is 0 Å². The van der Waals surface area contributed by atoms with Crippen molar-refractivity contribution in [1.29, 1.82) is 0 Å². The number of carboxylic acids is 1. The highest BCUT2D eigenvalue weighted by atomic mass is 32.1. The van der Waals surface area contributed by atoms with Gasteiger partial charge in [-0.1, -0.05) is 0 Å². The van der Waals surface area contributed by atoms with E-state index < -0.39 is 11.9 Å². The molecule has 0 saturated heterocycles. The highest BCUT2D eigenvalue weighted by Gasteiger charge is 2.48. The Balaban J connectivity index is 1.75. The molecule has 2 N–H and O–H groups in total. The molecule has 6 heteroatoms. The van der Waals surface area contributed by atoms with E-state index in [9.17, 15) is 9.59 Å². The summed E-state index contributed by atoms with van der Waals surface area (Å²) in [5.41, 5.74) is 1.02. The first-order chi connectivity index (χ1) is 8.49. The van der Waals surface area contributed by atoms with Crippen LogP contribution < -0.4 is 5.32 Å². The predicted octanol–water partition coefficient (Wildman–Crippen LogP) is 1.14. The maximum atomic E-state index is 11.6. The van der Waals surface area contributed by atoms with Crippen molar-refractivity contribution in [3.8, 4) is 0 Å². The zero-order chi connectivity index (χ0) is 13.3. The molecule has 0 aliphatic heterocycles. The number of aliphatic carboxylic acids is 1. The predicted molar refractivity (Wildman–Crippen MR) is 67.5 cm³/mol. The molecule has 1 aliphatic carbocycles. The monoisotopic (exact) mass is 268 g/mol. The van der Waals surface area contributed by atoms with Crippen molar-refractivity contribution in [2.45, 2.75) is 26.7 Å². The van der Waals surface area contributed by atoms with Gasteiger partial charge in [0.05, 0.1) is 22.5 Å². The van der Waals surface area contributed by atoms with Gasteiger partial charge in [-0.05, 0) is 20.3 Å². The van der Waals surface area contributed by atoms with Crippen LogP contribution in [0.1, 0.15) is 22.0 Å². The number of aromatic nitrogens is 1. The van der Waals surface area contributed by atoms with Crippen molar-refractivity contribution in [3.05, 3.63) is 15.6 Å². The topological polar surface area (TPSA) is 79.3 Å². The van der Waals surface area contributed by atoms with Crippen LogP contribution in [0.15, 0.2) is 0 Å². The average molecular weight is 268 g/mol. The maximum Gasteiger partial charge on any atom is 0.307 e. The van der Waals surface area contributed by atoms with Crippen LogP contribution in [0.5, 0.6) is 0 Å². The maximum absolute atomic E-state index is 11.6. The smallest absolute Gasteiger partial charge is 0.307 e. The molecular weight excluding hydrogens is 252 g/mol. The molecule has 5 nitrogen and oxygen atoms in total. The van der Waals surface area contributed by atoms with Gasteiger partial charge in [0, 0.05) is 17.8 Å². The number of amides is 1. The molecular formula is C12H16N2O3S. The first-order valence-electron chi connectivity index (χ1n) is 5.92. The van der Waals surface area contributed by atoms with Gasteiger partial charge in [-0.25, -0.2) is 4.98 Å². The van der Waals surface area contributed by atoms with Crippen molar-refractivity contribution in [1.82, 2.24) is 10.3 Å². The zero-order valence-electron chi connectivity index (χ0n) is 10.4. The summed E-state index contributed by atoms with van der Waals surface area (Å²) in [5, 5.41) is 12.5. The Kier molecular flexibility index (Phi) is 3.65. The van der Waals surface area contributed by atoms with E-state index in [1.807, 2.05) is 13.8 Å². The molecule has 1 aliphatic rings. The van der Waals surface area contributed by atoms with Gasteiger partial charge in [0.25, 0.3) is 0 Å². The third-order valence-corrected chi connectivity index (χ3v) is 4.23. The Bertz CT molecular complexity index is 484. The number of aryl methyl sites for hydroxylation is 2. The van der Waals surface area contributed by atoms with Crippen LogP contribution in [-0.2, 0) is 16.0 Å². The highest BCUT2D eigenvalue weighted by molar-refractivity contribution is 7.11. The van der Waals surface area contributed by atoms with Crippen molar-refractivity contribution in [2.24, 2.45) is 11.8 Å². The largest absolute Gasteiger partial charge is 0.481 e. The fourth-order valence-corrected chi connectivity index (χ4v) is 2.93. The van der Waals surface area contributed by atoms with Crippen LogP contribution in [0.2, 0.25) is 0 Å². The molecule has 2 rings (SSSR count). The molecule has 0 spiro atoms. The minimum atomic E-state index is -0.871. The summed E-state index contributed by atoms with van der Waals surface area (Å²) in [6, 6.07) is 0. The number of rotatable bonds is 5. The van der Waals surface area contributed by atoms with Crippen molar-refractivity contribution in [2.75, 3.05) is 6.54 Å². The van der Waals surface area contributed by atoms with Crippen LogP contribution in [0.3, 0.4) is 0 Å². The first-order valence-corrected chi connectivity index (χ1v) is 6.74. The van der Waals surface area contributed by atoms with Gasteiger partial charge < -0.3 is 10.4 Å². The summed E-state index contributed by atoms with van der Waals surface area (Å²) in [6.45, 7) is 4.47. The number of carbonyl (C=O) groups excluding carboxylic acids is 1. The van der Waals surface area contributed by atoms with E-state index in [1.54, 1.807) is 11.3 Å². The van der Waals surface area contributed by atoms with Crippen LogP contribution in [0, 0.1) is 25.7 Å². The summed E-state index contributed by atoms with van der Waals surface area (Å²) in [5.74, 6) is -1.81. The Hall–Kier alpha value is -1.43. The van der Waals surface area contributed by atoms with Crippen LogP contribution >= 0.6 is 11.3 Å². The third kappa shape index (κ3) is 2.87. The van der Waals surface area contributed by atoms with Gasteiger partial charge in [0.2, 0.25) is 5.91 Å². The van der Waals surface area contributed by atoms with Gasteiger partial charge in [-0.3, -0.25) is 9.59 Å². The second-order valence-corrected chi connectivity index (χ2v) is 5.86. The van der Waals surface area contributed by atoms with Gasteiger partial charge in [-0.15, -0.1) is 11.3 Å². The molecule has 1 heterocycles. The van der Waals surface area contributed by atoms with Crippen molar-refractivity contribution >= 4 is 23.2 Å². The van der Waals surface area contributed by atoms with E-state index in [-0.39, 0.29) is 11.8 Å². The lowest BCUT2D eigenvalue weighted by molar-refractivity contribution is -0.140. The quantitative estimate of drug-likeness (QED) is 0.839. The Morgan fingerprint density at radius 2 is 2.17 bits per heavy atom. The van der Waals surface area contributed by atoms with E-state index in [0.29, 0.717) is 13.0 Å².